The summed E-state index contributed by atoms with van der Waals surface area (Å²) in [6.45, 7) is 1.18. The van der Waals surface area contributed by atoms with Crippen molar-refractivity contribution in [3.8, 4) is 0 Å². The van der Waals surface area contributed by atoms with E-state index in [0.29, 0.717) is 13.1 Å². The van der Waals surface area contributed by atoms with Gasteiger partial charge in [-0.2, -0.15) is 0 Å². The van der Waals surface area contributed by atoms with Crippen molar-refractivity contribution in [1.29, 1.82) is 0 Å². The molecule has 0 saturated carbocycles. The van der Waals surface area contributed by atoms with Crippen molar-refractivity contribution < 1.29 is 0 Å². The van der Waals surface area contributed by atoms with Crippen LogP contribution in [0.25, 0.3) is 12.2 Å². The van der Waals surface area contributed by atoms with Crippen molar-refractivity contribution in [1.82, 2.24) is 0 Å². The Hall–Kier alpha value is -1.90. The van der Waals surface area contributed by atoms with Gasteiger partial charge in [0.2, 0.25) is 0 Å². The van der Waals surface area contributed by atoms with Crippen LogP contribution in [-0.4, -0.2) is 0 Å². The Labute approximate surface area is 108 Å². The van der Waals surface area contributed by atoms with Gasteiger partial charge in [0.15, 0.2) is 0 Å². The molecule has 0 bridgehead atoms. The molecule has 0 aliphatic heterocycles. The third kappa shape index (κ3) is 3.29. The third-order valence-corrected chi connectivity index (χ3v) is 2.90. The molecule has 2 aromatic rings. The number of hydrogen-bond donors (Lipinski definition) is 2. The maximum Gasteiger partial charge on any atom is 0.0178 e. The molecule has 2 nitrogen and oxygen atoms in total. The summed E-state index contributed by atoms with van der Waals surface area (Å²) in [4.78, 5) is 0. The first-order valence-corrected chi connectivity index (χ1v) is 6.08. The summed E-state index contributed by atoms with van der Waals surface area (Å²) >= 11 is 0. The van der Waals surface area contributed by atoms with E-state index in [4.69, 9.17) is 11.5 Å². The fraction of sp³-hybridized carbons (Fsp3) is 0.125. The number of benzene rings is 2. The molecule has 0 saturated heterocycles. The van der Waals surface area contributed by atoms with Gasteiger partial charge in [0, 0.05) is 13.1 Å². The van der Waals surface area contributed by atoms with Crippen LogP contribution in [0.5, 0.6) is 0 Å². The van der Waals surface area contributed by atoms with Crippen LogP contribution in [0, 0.1) is 0 Å². The van der Waals surface area contributed by atoms with Gasteiger partial charge in [-0.3, -0.25) is 0 Å². The van der Waals surface area contributed by atoms with Gasteiger partial charge in [-0.05, 0) is 22.3 Å². The normalized spacial score (nSPS) is 11.0. The lowest BCUT2D eigenvalue weighted by molar-refractivity contribution is 1.07. The second-order valence-corrected chi connectivity index (χ2v) is 4.22. The summed E-state index contributed by atoms with van der Waals surface area (Å²) in [7, 11) is 0. The van der Waals surface area contributed by atoms with E-state index in [1.165, 1.54) is 11.1 Å². The summed E-state index contributed by atoms with van der Waals surface area (Å²) in [5.74, 6) is 0. The third-order valence-electron chi connectivity index (χ3n) is 2.90. The molecule has 0 amide bonds. The summed E-state index contributed by atoms with van der Waals surface area (Å²) < 4.78 is 0. The van der Waals surface area contributed by atoms with E-state index in [1.807, 2.05) is 0 Å². The predicted molar refractivity (Wildman–Crippen MR) is 77.6 cm³/mol. The molecule has 0 aliphatic rings. The summed E-state index contributed by atoms with van der Waals surface area (Å²) in [6.07, 6.45) is 4.19. The fourth-order valence-corrected chi connectivity index (χ4v) is 1.72. The van der Waals surface area contributed by atoms with E-state index in [1.54, 1.807) is 0 Å². The quantitative estimate of drug-likeness (QED) is 0.805. The largest absolute Gasteiger partial charge is 0.326 e. The van der Waals surface area contributed by atoms with E-state index in [0.717, 1.165) is 11.1 Å². The van der Waals surface area contributed by atoms with Crippen molar-refractivity contribution in [3.63, 3.8) is 0 Å². The second kappa shape index (κ2) is 6.15. The molecule has 0 fully saturated rings. The van der Waals surface area contributed by atoms with Crippen molar-refractivity contribution in [3.05, 3.63) is 70.8 Å². The van der Waals surface area contributed by atoms with Gasteiger partial charge >= 0.3 is 0 Å². The van der Waals surface area contributed by atoms with E-state index in [2.05, 4.69) is 60.7 Å². The molecule has 18 heavy (non-hydrogen) atoms. The molecule has 0 radical (unpaired) electrons. The molecule has 2 rings (SSSR count). The Bertz CT molecular complexity index is 460. The molecular formula is C16H18N2. The molecule has 0 spiro atoms. The van der Waals surface area contributed by atoms with Crippen molar-refractivity contribution in [2.24, 2.45) is 11.5 Å². The first-order chi connectivity index (χ1) is 8.81. The van der Waals surface area contributed by atoms with Crippen molar-refractivity contribution in [2.45, 2.75) is 13.1 Å². The molecule has 2 aromatic carbocycles. The van der Waals surface area contributed by atoms with Crippen LogP contribution in [0.4, 0.5) is 0 Å². The van der Waals surface area contributed by atoms with Crippen LogP contribution in [0.15, 0.2) is 48.5 Å². The Morgan fingerprint density at radius 2 is 0.944 bits per heavy atom. The first-order valence-electron chi connectivity index (χ1n) is 6.08. The minimum Gasteiger partial charge on any atom is -0.326 e. The van der Waals surface area contributed by atoms with Gasteiger partial charge in [-0.15, -0.1) is 0 Å². The average Bonchev–Trinajstić information content (AvgIpc) is 2.46. The highest BCUT2D eigenvalue weighted by Crippen LogP contribution is 2.10. The maximum absolute atomic E-state index is 5.56. The number of rotatable bonds is 4. The molecule has 4 N–H and O–H groups in total. The lowest BCUT2D eigenvalue weighted by Gasteiger charge is -1.99. The summed E-state index contributed by atoms with van der Waals surface area (Å²) in [6, 6.07) is 16.5. The molecule has 0 heterocycles. The molecule has 2 heteroatoms. The summed E-state index contributed by atoms with van der Waals surface area (Å²) in [5, 5.41) is 0. The molecule has 0 aliphatic carbocycles. The minimum atomic E-state index is 0.588. The van der Waals surface area contributed by atoms with E-state index < -0.39 is 0 Å². The maximum atomic E-state index is 5.56. The Morgan fingerprint density at radius 3 is 1.22 bits per heavy atom. The fourth-order valence-electron chi connectivity index (χ4n) is 1.72. The van der Waals surface area contributed by atoms with Gasteiger partial charge in [-0.25, -0.2) is 0 Å². The van der Waals surface area contributed by atoms with Gasteiger partial charge in [0.05, 0.1) is 0 Å². The molecule has 0 atom stereocenters. The number of nitrogens with two attached hydrogens (primary N) is 2. The van der Waals surface area contributed by atoms with E-state index in [9.17, 15) is 0 Å². The topological polar surface area (TPSA) is 52.0 Å². The zero-order valence-electron chi connectivity index (χ0n) is 10.3. The van der Waals surface area contributed by atoms with Crippen molar-refractivity contribution >= 4 is 12.2 Å². The minimum absolute atomic E-state index is 0.588. The van der Waals surface area contributed by atoms with Crippen LogP contribution in [0.1, 0.15) is 22.3 Å². The average molecular weight is 238 g/mol. The highest BCUT2D eigenvalue weighted by atomic mass is 14.5. The monoisotopic (exact) mass is 238 g/mol. The summed E-state index contributed by atoms with van der Waals surface area (Å²) in [5.41, 5.74) is 15.8. The first kappa shape index (κ1) is 12.6. The highest BCUT2D eigenvalue weighted by Gasteiger charge is 1.91. The van der Waals surface area contributed by atoms with Gasteiger partial charge in [0.25, 0.3) is 0 Å². The molecule has 92 valence electrons. The second-order valence-electron chi connectivity index (χ2n) is 4.22. The Morgan fingerprint density at radius 1 is 0.611 bits per heavy atom. The van der Waals surface area contributed by atoms with Crippen LogP contribution < -0.4 is 11.5 Å². The molecular weight excluding hydrogens is 220 g/mol. The Kier molecular flexibility index (Phi) is 4.29. The van der Waals surface area contributed by atoms with Gasteiger partial charge in [0.1, 0.15) is 0 Å². The van der Waals surface area contributed by atoms with Gasteiger partial charge < -0.3 is 11.5 Å². The smallest absolute Gasteiger partial charge is 0.0178 e. The van der Waals surface area contributed by atoms with E-state index in [-0.39, 0.29) is 0 Å². The molecule has 0 aromatic heterocycles. The van der Waals surface area contributed by atoms with Crippen molar-refractivity contribution in [2.75, 3.05) is 0 Å². The predicted octanol–water partition coefficient (Wildman–Crippen LogP) is 2.77. The van der Waals surface area contributed by atoms with E-state index >= 15 is 0 Å². The van der Waals surface area contributed by atoms with Crippen LogP contribution in [-0.2, 0) is 13.1 Å². The lowest BCUT2D eigenvalue weighted by atomic mass is 10.1. The Balaban J connectivity index is 2.08. The molecule has 0 unspecified atom stereocenters. The highest BCUT2D eigenvalue weighted by molar-refractivity contribution is 5.69. The zero-order valence-corrected chi connectivity index (χ0v) is 10.3. The lowest BCUT2D eigenvalue weighted by Crippen LogP contribution is -1.95. The van der Waals surface area contributed by atoms with Crippen LogP contribution in [0.2, 0.25) is 0 Å². The SMILES string of the molecule is NCc1ccc(/C=C/c2ccc(CN)cc2)cc1. The zero-order chi connectivity index (χ0) is 12.8. The number of hydrogen-bond acceptors (Lipinski definition) is 2. The van der Waals surface area contributed by atoms with Gasteiger partial charge in [-0.1, -0.05) is 60.7 Å². The van der Waals surface area contributed by atoms with Crippen LogP contribution >= 0.6 is 0 Å². The standard InChI is InChI=1S/C16H18N2/c17-11-15-7-3-13(4-8-15)1-2-14-5-9-16(12-18)10-6-14/h1-10H,11-12,17-18H2/b2-1+. The van der Waals surface area contributed by atoms with Crippen LogP contribution in [0.3, 0.4) is 0 Å².